The van der Waals surface area contributed by atoms with Gasteiger partial charge in [-0.1, -0.05) is 6.92 Å². The smallest absolute Gasteiger partial charge is 0.409 e. The third-order valence-corrected chi connectivity index (χ3v) is 3.30. The van der Waals surface area contributed by atoms with Gasteiger partial charge in [0.15, 0.2) is 0 Å². The fourth-order valence-electron chi connectivity index (χ4n) is 1.84. The standard InChI is InChI=1S/C12H23N3O3/c1-4-18-12(17)15-7-5-14(6-8-15)11(16)9(2)10(3)13/h9-10H,4-8,13H2,1-3H3. The topological polar surface area (TPSA) is 75.9 Å². The molecule has 104 valence electrons. The zero-order valence-corrected chi connectivity index (χ0v) is 11.4. The van der Waals surface area contributed by atoms with Gasteiger partial charge in [-0.2, -0.15) is 0 Å². The van der Waals surface area contributed by atoms with Crippen LogP contribution in [0.15, 0.2) is 0 Å². The van der Waals surface area contributed by atoms with Gasteiger partial charge in [-0.15, -0.1) is 0 Å². The molecule has 6 nitrogen and oxygen atoms in total. The van der Waals surface area contributed by atoms with Crippen LogP contribution in [0.2, 0.25) is 0 Å². The van der Waals surface area contributed by atoms with Crippen LogP contribution in [0.25, 0.3) is 0 Å². The lowest BCUT2D eigenvalue weighted by molar-refractivity contribution is -0.137. The van der Waals surface area contributed by atoms with E-state index in [-0.39, 0.29) is 24.0 Å². The Bertz CT molecular complexity index is 299. The molecule has 1 aliphatic heterocycles. The van der Waals surface area contributed by atoms with Crippen LogP contribution in [-0.4, -0.2) is 60.6 Å². The molecule has 2 atom stereocenters. The Hall–Kier alpha value is -1.30. The first-order chi connectivity index (χ1) is 8.47. The summed E-state index contributed by atoms with van der Waals surface area (Å²) < 4.78 is 4.93. The number of hydrogen-bond acceptors (Lipinski definition) is 4. The number of carbonyl (C=O) groups is 2. The summed E-state index contributed by atoms with van der Waals surface area (Å²) in [6.07, 6.45) is -0.301. The Kier molecular flexibility index (Phi) is 5.40. The molecule has 1 aliphatic rings. The summed E-state index contributed by atoms with van der Waals surface area (Å²) in [7, 11) is 0. The molecule has 0 aromatic carbocycles. The molecular formula is C12H23N3O3. The second kappa shape index (κ2) is 6.58. The van der Waals surface area contributed by atoms with Crippen molar-refractivity contribution in [1.29, 1.82) is 0 Å². The van der Waals surface area contributed by atoms with Crippen LogP contribution in [0.3, 0.4) is 0 Å². The molecule has 1 saturated heterocycles. The van der Waals surface area contributed by atoms with Crippen LogP contribution >= 0.6 is 0 Å². The first-order valence-corrected chi connectivity index (χ1v) is 6.43. The summed E-state index contributed by atoms with van der Waals surface area (Å²) in [4.78, 5) is 26.9. The normalized spacial score (nSPS) is 19.3. The van der Waals surface area contributed by atoms with Gasteiger partial charge in [0.2, 0.25) is 5.91 Å². The lowest BCUT2D eigenvalue weighted by atomic mass is 10.0. The Morgan fingerprint density at radius 1 is 1.17 bits per heavy atom. The van der Waals surface area contributed by atoms with Crippen molar-refractivity contribution in [1.82, 2.24) is 9.80 Å². The van der Waals surface area contributed by atoms with Crippen molar-refractivity contribution in [2.45, 2.75) is 26.8 Å². The van der Waals surface area contributed by atoms with Crippen LogP contribution in [0.4, 0.5) is 4.79 Å². The van der Waals surface area contributed by atoms with Gasteiger partial charge in [0.1, 0.15) is 0 Å². The zero-order chi connectivity index (χ0) is 13.7. The molecule has 0 aliphatic carbocycles. The molecule has 1 heterocycles. The summed E-state index contributed by atoms with van der Waals surface area (Å²) in [5.74, 6) is -0.118. The monoisotopic (exact) mass is 257 g/mol. The minimum atomic E-state index is -0.301. The summed E-state index contributed by atoms with van der Waals surface area (Å²) >= 11 is 0. The molecule has 2 unspecified atom stereocenters. The SMILES string of the molecule is CCOC(=O)N1CCN(C(=O)C(C)C(C)N)CC1. The third-order valence-electron chi connectivity index (χ3n) is 3.30. The first kappa shape index (κ1) is 14.8. The number of rotatable bonds is 3. The molecule has 1 fully saturated rings. The van der Waals surface area contributed by atoms with Crippen LogP contribution in [-0.2, 0) is 9.53 Å². The molecule has 0 radical (unpaired) electrons. The van der Waals surface area contributed by atoms with Crippen molar-refractivity contribution in [3.05, 3.63) is 0 Å². The number of nitrogens with zero attached hydrogens (tertiary/aromatic N) is 2. The van der Waals surface area contributed by atoms with Gasteiger partial charge < -0.3 is 20.3 Å². The first-order valence-electron chi connectivity index (χ1n) is 6.43. The minimum absolute atomic E-state index is 0.0634. The van der Waals surface area contributed by atoms with Crippen molar-refractivity contribution in [2.24, 2.45) is 11.7 Å². The summed E-state index contributed by atoms with van der Waals surface area (Å²) in [5.41, 5.74) is 5.73. The van der Waals surface area contributed by atoms with Gasteiger partial charge in [-0.25, -0.2) is 4.79 Å². The zero-order valence-electron chi connectivity index (χ0n) is 11.4. The van der Waals surface area contributed by atoms with E-state index in [0.717, 1.165) is 0 Å². The van der Waals surface area contributed by atoms with Gasteiger partial charge in [-0.05, 0) is 13.8 Å². The average Bonchev–Trinajstić information content (AvgIpc) is 2.37. The summed E-state index contributed by atoms with van der Waals surface area (Å²) in [5, 5.41) is 0. The third kappa shape index (κ3) is 3.60. The van der Waals surface area contributed by atoms with E-state index >= 15 is 0 Å². The fraction of sp³-hybridized carbons (Fsp3) is 0.833. The van der Waals surface area contributed by atoms with E-state index < -0.39 is 0 Å². The van der Waals surface area contributed by atoms with E-state index in [2.05, 4.69) is 0 Å². The molecular weight excluding hydrogens is 234 g/mol. The maximum absolute atomic E-state index is 12.1. The Morgan fingerprint density at radius 3 is 2.11 bits per heavy atom. The van der Waals surface area contributed by atoms with Crippen molar-refractivity contribution < 1.29 is 14.3 Å². The van der Waals surface area contributed by atoms with Gasteiger partial charge >= 0.3 is 6.09 Å². The predicted molar refractivity (Wildman–Crippen MR) is 68.0 cm³/mol. The second-order valence-corrected chi connectivity index (χ2v) is 4.66. The Balaban J connectivity index is 2.44. The lowest BCUT2D eigenvalue weighted by Gasteiger charge is -2.35. The van der Waals surface area contributed by atoms with E-state index in [1.54, 1.807) is 16.7 Å². The molecule has 6 heteroatoms. The highest BCUT2D eigenvalue weighted by molar-refractivity contribution is 5.79. The van der Waals surface area contributed by atoms with E-state index in [4.69, 9.17) is 10.5 Å². The maximum Gasteiger partial charge on any atom is 0.409 e. The van der Waals surface area contributed by atoms with Crippen molar-refractivity contribution >= 4 is 12.0 Å². The van der Waals surface area contributed by atoms with Gasteiger partial charge in [0.25, 0.3) is 0 Å². The molecule has 0 aromatic rings. The fourth-order valence-corrected chi connectivity index (χ4v) is 1.84. The number of amides is 2. The molecule has 0 aromatic heterocycles. The summed E-state index contributed by atoms with van der Waals surface area (Å²) in [6, 6.07) is -0.152. The highest BCUT2D eigenvalue weighted by Crippen LogP contribution is 2.10. The van der Waals surface area contributed by atoms with Crippen molar-refractivity contribution in [3.63, 3.8) is 0 Å². The van der Waals surface area contributed by atoms with Crippen LogP contribution < -0.4 is 5.73 Å². The van der Waals surface area contributed by atoms with E-state index in [0.29, 0.717) is 32.8 Å². The van der Waals surface area contributed by atoms with Crippen LogP contribution in [0.1, 0.15) is 20.8 Å². The highest BCUT2D eigenvalue weighted by Gasteiger charge is 2.28. The number of hydrogen-bond donors (Lipinski definition) is 1. The average molecular weight is 257 g/mol. The number of piperazine rings is 1. The second-order valence-electron chi connectivity index (χ2n) is 4.66. The van der Waals surface area contributed by atoms with E-state index in [1.807, 2.05) is 13.8 Å². The van der Waals surface area contributed by atoms with Gasteiger partial charge in [0, 0.05) is 32.2 Å². The maximum atomic E-state index is 12.1. The molecule has 0 spiro atoms. The highest BCUT2D eigenvalue weighted by atomic mass is 16.6. The quantitative estimate of drug-likeness (QED) is 0.787. The minimum Gasteiger partial charge on any atom is -0.450 e. The molecule has 0 saturated carbocycles. The Labute approximate surface area is 108 Å². The van der Waals surface area contributed by atoms with Crippen molar-refractivity contribution in [3.8, 4) is 0 Å². The molecule has 2 amide bonds. The van der Waals surface area contributed by atoms with Crippen LogP contribution in [0.5, 0.6) is 0 Å². The van der Waals surface area contributed by atoms with Crippen molar-refractivity contribution in [2.75, 3.05) is 32.8 Å². The van der Waals surface area contributed by atoms with Gasteiger partial charge in [-0.3, -0.25) is 4.79 Å². The lowest BCUT2D eigenvalue weighted by Crippen LogP contribution is -2.53. The molecule has 1 rings (SSSR count). The van der Waals surface area contributed by atoms with E-state index in [1.165, 1.54) is 0 Å². The molecule has 0 bridgehead atoms. The number of nitrogens with two attached hydrogens (primary N) is 1. The molecule has 18 heavy (non-hydrogen) atoms. The number of carbonyl (C=O) groups excluding carboxylic acids is 2. The Morgan fingerprint density at radius 2 is 1.67 bits per heavy atom. The largest absolute Gasteiger partial charge is 0.450 e. The van der Waals surface area contributed by atoms with Crippen LogP contribution in [0, 0.1) is 5.92 Å². The predicted octanol–water partition coefficient (Wildman–Crippen LogP) is 0.270. The van der Waals surface area contributed by atoms with E-state index in [9.17, 15) is 9.59 Å². The van der Waals surface area contributed by atoms with Gasteiger partial charge in [0.05, 0.1) is 12.5 Å². The molecule has 2 N–H and O–H groups in total. The summed E-state index contributed by atoms with van der Waals surface area (Å²) in [6.45, 7) is 7.97. The number of ether oxygens (including phenoxy) is 1.